The van der Waals surface area contributed by atoms with Gasteiger partial charge in [-0.1, -0.05) is 17.7 Å². The van der Waals surface area contributed by atoms with Gasteiger partial charge in [-0.25, -0.2) is 4.99 Å². The summed E-state index contributed by atoms with van der Waals surface area (Å²) in [5.41, 5.74) is 2.46. The quantitative estimate of drug-likeness (QED) is 0.690. The second-order valence-electron chi connectivity index (χ2n) is 7.13. The number of halogens is 1. The average Bonchev–Trinajstić information content (AvgIpc) is 2.59. The van der Waals surface area contributed by atoms with E-state index in [1.807, 2.05) is 12.1 Å². The van der Waals surface area contributed by atoms with Crippen LogP contribution >= 0.6 is 11.6 Å². The Morgan fingerprint density at radius 2 is 1.85 bits per heavy atom. The van der Waals surface area contributed by atoms with Gasteiger partial charge < -0.3 is 4.90 Å². The van der Waals surface area contributed by atoms with E-state index in [9.17, 15) is 0 Å². The van der Waals surface area contributed by atoms with Gasteiger partial charge in [0.05, 0.1) is 5.69 Å². The highest BCUT2D eigenvalue weighted by atomic mass is 35.5. The van der Waals surface area contributed by atoms with Crippen molar-refractivity contribution in [3.8, 4) is 0 Å². The van der Waals surface area contributed by atoms with Gasteiger partial charge in [-0.15, -0.1) is 0 Å². The minimum absolute atomic E-state index is 0.707. The van der Waals surface area contributed by atoms with Crippen LogP contribution in [-0.2, 0) is 6.54 Å². The molecule has 0 spiro atoms. The molecule has 5 aliphatic rings. The smallest absolute Gasteiger partial charge is 0.108 e. The van der Waals surface area contributed by atoms with Gasteiger partial charge >= 0.3 is 0 Å². The number of benzene rings is 1. The maximum absolute atomic E-state index is 6.14. The van der Waals surface area contributed by atoms with Crippen LogP contribution in [0.3, 0.4) is 0 Å². The van der Waals surface area contributed by atoms with Crippen LogP contribution < -0.4 is 0 Å². The molecule has 0 N–H and O–H groups in total. The molecule has 104 valence electrons. The molecule has 4 bridgehead atoms. The lowest BCUT2D eigenvalue weighted by molar-refractivity contribution is 0.128. The van der Waals surface area contributed by atoms with E-state index in [0.29, 0.717) is 5.92 Å². The van der Waals surface area contributed by atoms with Crippen LogP contribution in [-0.4, -0.2) is 16.8 Å². The molecule has 20 heavy (non-hydrogen) atoms. The number of hydrogen-bond acceptors (Lipinski definition) is 2. The third-order valence-electron chi connectivity index (χ3n) is 5.84. The van der Waals surface area contributed by atoms with Gasteiger partial charge in [0.15, 0.2) is 0 Å². The van der Waals surface area contributed by atoms with Crippen molar-refractivity contribution in [3.63, 3.8) is 0 Å². The Balaban J connectivity index is 1.64. The topological polar surface area (TPSA) is 15.6 Å². The molecule has 1 aromatic rings. The molecule has 2 unspecified atom stereocenters. The molecule has 2 nitrogen and oxygen atoms in total. The van der Waals surface area contributed by atoms with Crippen molar-refractivity contribution < 1.29 is 0 Å². The van der Waals surface area contributed by atoms with E-state index < -0.39 is 0 Å². The molecule has 3 aliphatic heterocycles. The summed E-state index contributed by atoms with van der Waals surface area (Å²) < 4.78 is 0. The van der Waals surface area contributed by atoms with Crippen molar-refractivity contribution in [2.75, 3.05) is 0 Å². The lowest BCUT2D eigenvalue weighted by atomic mass is 9.68. The number of aliphatic imine (C=N–C) groups is 1. The highest BCUT2D eigenvalue weighted by Crippen LogP contribution is 2.50. The van der Waals surface area contributed by atoms with Gasteiger partial charge in [-0.2, -0.15) is 0 Å². The molecule has 4 fully saturated rings. The molecule has 2 saturated carbocycles. The summed E-state index contributed by atoms with van der Waals surface area (Å²) in [7, 11) is 0. The maximum atomic E-state index is 6.14. The van der Waals surface area contributed by atoms with Crippen molar-refractivity contribution in [2.45, 2.75) is 44.7 Å². The lowest BCUT2D eigenvalue weighted by Crippen LogP contribution is -2.41. The molecule has 0 radical (unpaired) electrons. The van der Waals surface area contributed by atoms with E-state index in [0.717, 1.165) is 35.1 Å². The number of amidine groups is 1. The summed E-state index contributed by atoms with van der Waals surface area (Å²) in [6.45, 7) is 1.05. The summed E-state index contributed by atoms with van der Waals surface area (Å²) in [6.07, 6.45) is 7.02. The molecule has 0 amide bonds. The molecule has 1 aromatic carbocycles. The standard InChI is InChI=1S/C17H19ClN2/c18-14-2-1-12-9-20-15-6-10-3-11(7-15)5-13(4-10)17(20)19-16(12)8-14/h1-2,8,10-11,13,15H,3-7,9H2. The predicted molar refractivity (Wildman–Crippen MR) is 81.4 cm³/mol. The molecule has 3 heteroatoms. The second-order valence-corrected chi connectivity index (χ2v) is 7.57. The highest BCUT2D eigenvalue weighted by Gasteiger charge is 2.46. The molecule has 0 aromatic heterocycles. The summed E-state index contributed by atoms with van der Waals surface area (Å²) in [5.74, 6) is 4.00. The Kier molecular flexibility index (Phi) is 2.33. The van der Waals surface area contributed by atoms with Crippen molar-refractivity contribution in [1.29, 1.82) is 0 Å². The van der Waals surface area contributed by atoms with E-state index in [1.54, 1.807) is 0 Å². The zero-order chi connectivity index (χ0) is 13.3. The van der Waals surface area contributed by atoms with E-state index >= 15 is 0 Å². The molecule has 2 saturated heterocycles. The third kappa shape index (κ3) is 1.60. The van der Waals surface area contributed by atoms with E-state index in [4.69, 9.17) is 16.6 Å². The van der Waals surface area contributed by atoms with Crippen molar-refractivity contribution in [3.05, 3.63) is 28.8 Å². The summed E-state index contributed by atoms with van der Waals surface area (Å²) in [5, 5.41) is 0.806. The molecule has 2 aliphatic carbocycles. The van der Waals surface area contributed by atoms with Crippen molar-refractivity contribution >= 4 is 23.1 Å². The fraction of sp³-hybridized carbons (Fsp3) is 0.588. The number of rotatable bonds is 0. The minimum Gasteiger partial charge on any atom is -0.352 e. The second kappa shape index (κ2) is 4.00. The number of nitrogens with zero attached hydrogens (tertiary/aromatic N) is 2. The Bertz CT molecular complexity index is 595. The normalized spacial score (nSPS) is 37.2. The van der Waals surface area contributed by atoms with Crippen LogP contribution in [0.15, 0.2) is 23.2 Å². The van der Waals surface area contributed by atoms with Gasteiger partial charge in [0.1, 0.15) is 5.84 Å². The SMILES string of the molecule is Clc1ccc2c(c1)N=C1C3CC4CC(C3)CC(C4)N1C2. The van der Waals surface area contributed by atoms with Crippen LogP contribution in [0.4, 0.5) is 5.69 Å². The van der Waals surface area contributed by atoms with E-state index in [2.05, 4.69) is 11.0 Å². The van der Waals surface area contributed by atoms with Gasteiger partial charge in [-0.3, -0.25) is 0 Å². The van der Waals surface area contributed by atoms with Gasteiger partial charge in [0, 0.05) is 23.5 Å². The van der Waals surface area contributed by atoms with Crippen LogP contribution in [0.2, 0.25) is 5.02 Å². The van der Waals surface area contributed by atoms with Crippen molar-refractivity contribution in [2.24, 2.45) is 22.7 Å². The van der Waals surface area contributed by atoms with Crippen LogP contribution in [0.5, 0.6) is 0 Å². The average molecular weight is 287 g/mol. The van der Waals surface area contributed by atoms with E-state index in [-0.39, 0.29) is 0 Å². The fourth-order valence-electron chi connectivity index (χ4n) is 5.15. The third-order valence-corrected chi connectivity index (χ3v) is 6.07. The summed E-state index contributed by atoms with van der Waals surface area (Å²) in [6, 6.07) is 6.95. The Morgan fingerprint density at radius 3 is 2.65 bits per heavy atom. The molecule has 6 rings (SSSR count). The highest BCUT2D eigenvalue weighted by molar-refractivity contribution is 6.30. The van der Waals surface area contributed by atoms with E-state index in [1.165, 1.54) is 43.5 Å². The first-order valence-electron chi connectivity index (χ1n) is 7.90. The minimum atomic E-state index is 0.707. The summed E-state index contributed by atoms with van der Waals surface area (Å²) in [4.78, 5) is 7.68. The van der Waals surface area contributed by atoms with Gasteiger partial charge in [0.25, 0.3) is 0 Å². The Labute approximate surface area is 124 Å². The maximum Gasteiger partial charge on any atom is 0.108 e. The first-order valence-corrected chi connectivity index (χ1v) is 8.27. The van der Waals surface area contributed by atoms with Gasteiger partial charge in [0.2, 0.25) is 0 Å². The first-order chi connectivity index (χ1) is 9.76. The molecular formula is C17H19ClN2. The summed E-state index contributed by atoms with van der Waals surface area (Å²) >= 11 is 6.14. The predicted octanol–water partition coefficient (Wildman–Crippen LogP) is 4.39. The molecule has 3 heterocycles. The zero-order valence-electron chi connectivity index (χ0n) is 11.6. The largest absolute Gasteiger partial charge is 0.352 e. The van der Waals surface area contributed by atoms with Crippen LogP contribution in [0.25, 0.3) is 0 Å². The van der Waals surface area contributed by atoms with Gasteiger partial charge in [-0.05, 0) is 61.6 Å². The Morgan fingerprint density at radius 1 is 1.05 bits per heavy atom. The van der Waals surface area contributed by atoms with Crippen LogP contribution in [0.1, 0.15) is 37.7 Å². The number of fused-ring (bicyclic) bond motifs is 1. The molecular weight excluding hydrogens is 268 g/mol. The lowest BCUT2D eigenvalue weighted by Gasteiger charge is -2.39. The fourth-order valence-corrected chi connectivity index (χ4v) is 5.32. The number of hydrogen-bond donors (Lipinski definition) is 0. The van der Waals surface area contributed by atoms with Crippen molar-refractivity contribution in [1.82, 2.24) is 4.90 Å². The Hall–Kier alpha value is -1.02. The van der Waals surface area contributed by atoms with Crippen LogP contribution in [0, 0.1) is 17.8 Å². The molecule has 2 atom stereocenters. The first kappa shape index (κ1) is 11.6. The monoisotopic (exact) mass is 286 g/mol. The zero-order valence-corrected chi connectivity index (χ0v) is 12.3.